The zero-order valence-corrected chi connectivity index (χ0v) is 10.8. The second kappa shape index (κ2) is 5.10. The van der Waals surface area contributed by atoms with Crippen LogP contribution in [0.4, 0.5) is 5.69 Å². The summed E-state index contributed by atoms with van der Waals surface area (Å²) in [6.45, 7) is 0. The number of aromatic hydroxyl groups is 2. The molecule has 0 aliphatic carbocycles. The Morgan fingerprint density at radius 1 is 1.11 bits per heavy atom. The lowest BCUT2D eigenvalue weighted by molar-refractivity contribution is 0.102. The third-order valence-corrected chi connectivity index (χ3v) is 2.84. The van der Waals surface area contributed by atoms with Crippen molar-refractivity contribution in [2.45, 2.75) is 0 Å². The third kappa shape index (κ3) is 2.62. The van der Waals surface area contributed by atoms with Crippen molar-refractivity contribution in [3.63, 3.8) is 0 Å². The number of halogens is 1. The minimum Gasteiger partial charge on any atom is -0.504 e. The van der Waals surface area contributed by atoms with Gasteiger partial charge in [-0.15, -0.1) is 0 Å². The van der Waals surface area contributed by atoms with E-state index < -0.39 is 11.7 Å². The quantitative estimate of drug-likeness (QED) is 0.747. The number of benzene rings is 2. The Morgan fingerprint density at radius 2 is 1.83 bits per heavy atom. The molecule has 3 N–H and O–H groups in total. The topological polar surface area (TPSA) is 69.6 Å². The van der Waals surface area contributed by atoms with Gasteiger partial charge in [0.15, 0.2) is 11.5 Å². The van der Waals surface area contributed by atoms with E-state index in [1.54, 1.807) is 18.2 Å². The van der Waals surface area contributed by atoms with Crippen LogP contribution in [0.5, 0.6) is 11.5 Å². The van der Waals surface area contributed by atoms with E-state index in [0.29, 0.717) is 5.69 Å². The molecule has 0 fully saturated rings. The molecule has 0 saturated heterocycles. The molecular formula is C13H10BrNO3. The van der Waals surface area contributed by atoms with Gasteiger partial charge in [-0.3, -0.25) is 4.79 Å². The summed E-state index contributed by atoms with van der Waals surface area (Å²) in [6, 6.07) is 11.3. The first-order valence-electron chi connectivity index (χ1n) is 5.16. The van der Waals surface area contributed by atoms with Crippen molar-refractivity contribution in [2.24, 2.45) is 0 Å². The molecule has 0 atom stereocenters. The number of phenolic OH excluding ortho intramolecular Hbond substituents is 2. The fourth-order valence-electron chi connectivity index (χ4n) is 1.48. The van der Waals surface area contributed by atoms with Gasteiger partial charge in [-0.05, 0) is 30.3 Å². The van der Waals surface area contributed by atoms with Crippen molar-refractivity contribution in [3.8, 4) is 11.5 Å². The van der Waals surface area contributed by atoms with Gasteiger partial charge in [0.2, 0.25) is 0 Å². The average Bonchev–Trinajstić information content (AvgIpc) is 2.32. The van der Waals surface area contributed by atoms with E-state index in [9.17, 15) is 15.0 Å². The van der Waals surface area contributed by atoms with Gasteiger partial charge >= 0.3 is 0 Å². The van der Waals surface area contributed by atoms with Crippen molar-refractivity contribution >= 4 is 27.5 Å². The number of hydrogen-bond acceptors (Lipinski definition) is 3. The van der Waals surface area contributed by atoms with Crippen molar-refractivity contribution in [1.82, 2.24) is 0 Å². The molecule has 18 heavy (non-hydrogen) atoms. The Bertz CT molecular complexity index is 599. The van der Waals surface area contributed by atoms with Crippen LogP contribution in [0, 0.1) is 0 Å². The molecule has 2 rings (SSSR count). The van der Waals surface area contributed by atoms with Crippen LogP contribution in [0.2, 0.25) is 0 Å². The lowest BCUT2D eigenvalue weighted by Crippen LogP contribution is -2.11. The summed E-state index contributed by atoms with van der Waals surface area (Å²) in [6.07, 6.45) is 0. The van der Waals surface area contributed by atoms with Crippen LogP contribution in [-0.2, 0) is 0 Å². The van der Waals surface area contributed by atoms with Crippen LogP contribution in [0.15, 0.2) is 46.9 Å². The Hall–Kier alpha value is -2.01. The first-order chi connectivity index (χ1) is 8.58. The van der Waals surface area contributed by atoms with Gasteiger partial charge in [0.1, 0.15) is 0 Å². The summed E-state index contributed by atoms with van der Waals surface area (Å²) in [5.41, 5.74) is 0.618. The van der Waals surface area contributed by atoms with Gasteiger partial charge in [0.05, 0.1) is 5.56 Å². The van der Waals surface area contributed by atoms with Crippen molar-refractivity contribution in [2.75, 3.05) is 5.32 Å². The highest BCUT2D eigenvalue weighted by Crippen LogP contribution is 2.28. The van der Waals surface area contributed by atoms with Crippen LogP contribution < -0.4 is 5.32 Å². The predicted molar refractivity (Wildman–Crippen MR) is 71.9 cm³/mol. The minimum absolute atomic E-state index is 0.0231. The molecule has 0 spiro atoms. The largest absolute Gasteiger partial charge is 0.504 e. The molecular weight excluding hydrogens is 298 g/mol. The summed E-state index contributed by atoms with van der Waals surface area (Å²) < 4.78 is 0.834. The van der Waals surface area contributed by atoms with E-state index in [-0.39, 0.29) is 11.3 Å². The Kier molecular flexibility index (Phi) is 3.53. The smallest absolute Gasteiger partial charge is 0.259 e. The zero-order valence-electron chi connectivity index (χ0n) is 9.22. The second-order valence-corrected chi connectivity index (χ2v) is 4.55. The number of carbonyl (C=O) groups excluding carboxylic acids is 1. The standard InChI is InChI=1S/C13H10BrNO3/c14-8-3-1-4-9(7-8)15-13(18)10-5-2-6-11(16)12(10)17/h1-7,16-17H,(H,15,18). The van der Waals surface area contributed by atoms with Gasteiger partial charge < -0.3 is 15.5 Å². The highest BCUT2D eigenvalue weighted by atomic mass is 79.9. The summed E-state index contributed by atoms with van der Waals surface area (Å²) >= 11 is 3.29. The monoisotopic (exact) mass is 307 g/mol. The minimum atomic E-state index is -0.485. The maximum Gasteiger partial charge on any atom is 0.259 e. The van der Waals surface area contributed by atoms with E-state index in [0.717, 1.165) is 4.47 Å². The summed E-state index contributed by atoms with van der Waals surface area (Å²) in [7, 11) is 0. The van der Waals surface area contributed by atoms with Crippen molar-refractivity contribution in [3.05, 3.63) is 52.5 Å². The summed E-state index contributed by atoms with van der Waals surface area (Å²) in [5, 5.41) is 21.5. The SMILES string of the molecule is O=C(Nc1cccc(Br)c1)c1cccc(O)c1O. The number of anilines is 1. The Balaban J connectivity index is 2.25. The molecule has 0 saturated carbocycles. The van der Waals surface area contributed by atoms with Crippen LogP contribution in [0.3, 0.4) is 0 Å². The van der Waals surface area contributed by atoms with Gasteiger partial charge in [0, 0.05) is 10.2 Å². The molecule has 4 nitrogen and oxygen atoms in total. The predicted octanol–water partition coefficient (Wildman–Crippen LogP) is 3.11. The number of amides is 1. The number of para-hydroxylation sites is 1. The van der Waals surface area contributed by atoms with E-state index in [1.807, 2.05) is 6.07 Å². The van der Waals surface area contributed by atoms with Gasteiger partial charge in [-0.1, -0.05) is 28.1 Å². The van der Waals surface area contributed by atoms with Gasteiger partial charge in [0.25, 0.3) is 5.91 Å². The van der Waals surface area contributed by atoms with Crippen LogP contribution in [-0.4, -0.2) is 16.1 Å². The maximum atomic E-state index is 11.9. The molecule has 2 aromatic carbocycles. The van der Waals surface area contributed by atoms with E-state index in [4.69, 9.17) is 0 Å². The number of hydrogen-bond donors (Lipinski definition) is 3. The van der Waals surface area contributed by atoms with Gasteiger partial charge in [-0.2, -0.15) is 0 Å². The fourth-order valence-corrected chi connectivity index (χ4v) is 1.88. The molecule has 0 aliphatic heterocycles. The summed E-state index contributed by atoms with van der Waals surface area (Å²) in [5.74, 6) is -1.23. The van der Waals surface area contributed by atoms with Crippen LogP contribution in [0.1, 0.15) is 10.4 Å². The summed E-state index contributed by atoms with van der Waals surface area (Å²) in [4.78, 5) is 11.9. The van der Waals surface area contributed by atoms with Crippen LogP contribution in [0.25, 0.3) is 0 Å². The maximum absolute atomic E-state index is 11.9. The zero-order chi connectivity index (χ0) is 13.1. The Morgan fingerprint density at radius 3 is 2.56 bits per heavy atom. The first kappa shape index (κ1) is 12.4. The number of phenols is 2. The molecule has 0 bridgehead atoms. The molecule has 0 unspecified atom stereocenters. The number of nitrogens with one attached hydrogen (secondary N) is 1. The lowest BCUT2D eigenvalue weighted by Gasteiger charge is -2.07. The van der Waals surface area contributed by atoms with Crippen molar-refractivity contribution in [1.29, 1.82) is 0 Å². The third-order valence-electron chi connectivity index (χ3n) is 2.34. The Labute approximate surface area is 112 Å². The molecule has 92 valence electrons. The lowest BCUT2D eigenvalue weighted by atomic mass is 10.1. The van der Waals surface area contributed by atoms with Gasteiger partial charge in [-0.25, -0.2) is 0 Å². The highest BCUT2D eigenvalue weighted by molar-refractivity contribution is 9.10. The first-order valence-corrected chi connectivity index (χ1v) is 5.95. The molecule has 0 heterocycles. The fraction of sp³-hybridized carbons (Fsp3) is 0. The second-order valence-electron chi connectivity index (χ2n) is 3.64. The highest BCUT2D eigenvalue weighted by Gasteiger charge is 2.13. The molecule has 0 aliphatic rings. The number of carbonyl (C=O) groups is 1. The average molecular weight is 308 g/mol. The molecule has 0 radical (unpaired) electrons. The number of rotatable bonds is 2. The van der Waals surface area contributed by atoms with Crippen LogP contribution >= 0.6 is 15.9 Å². The van der Waals surface area contributed by atoms with E-state index in [2.05, 4.69) is 21.2 Å². The molecule has 1 amide bonds. The molecule has 2 aromatic rings. The normalized spacial score (nSPS) is 10.1. The van der Waals surface area contributed by atoms with E-state index in [1.165, 1.54) is 18.2 Å². The van der Waals surface area contributed by atoms with Crippen molar-refractivity contribution < 1.29 is 15.0 Å². The molecule has 5 heteroatoms. The van der Waals surface area contributed by atoms with E-state index >= 15 is 0 Å². The molecule has 0 aromatic heterocycles.